The zero-order chi connectivity index (χ0) is 12.8. The van der Waals surface area contributed by atoms with E-state index in [0.717, 1.165) is 18.4 Å². The smallest absolute Gasteiger partial charge is 0.244 e. The number of carbonyl (C=O) groups excluding carboxylic acids is 1. The van der Waals surface area contributed by atoms with Gasteiger partial charge in [-0.1, -0.05) is 44.2 Å². The van der Waals surface area contributed by atoms with E-state index < -0.39 is 6.04 Å². The maximum Gasteiger partial charge on any atom is 0.244 e. The number of hydrogen-bond donors (Lipinski definition) is 1. The normalized spacial score (nSPS) is 12.5. The van der Waals surface area contributed by atoms with E-state index in [1.807, 2.05) is 37.4 Å². The van der Waals surface area contributed by atoms with Crippen LogP contribution in [0.2, 0.25) is 0 Å². The van der Waals surface area contributed by atoms with Crippen molar-refractivity contribution in [3.05, 3.63) is 35.9 Å². The van der Waals surface area contributed by atoms with Gasteiger partial charge >= 0.3 is 0 Å². The molecule has 1 amide bonds. The first kappa shape index (κ1) is 13.7. The highest BCUT2D eigenvalue weighted by molar-refractivity contribution is 5.83. The Kier molecular flexibility index (Phi) is 5.16. The molecule has 1 rings (SSSR count). The van der Waals surface area contributed by atoms with Gasteiger partial charge in [-0.2, -0.15) is 0 Å². The van der Waals surface area contributed by atoms with Crippen molar-refractivity contribution in [1.29, 1.82) is 0 Å². The van der Waals surface area contributed by atoms with Crippen LogP contribution < -0.4 is 5.73 Å². The summed E-state index contributed by atoms with van der Waals surface area (Å²) >= 11 is 0. The van der Waals surface area contributed by atoms with Gasteiger partial charge in [-0.3, -0.25) is 4.79 Å². The largest absolute Gasteiger partial charge is 0.341 e. The van der Waals surface area contributed by atoms with Crippen molar-refractivity contribution in [2.75, 3.05) is 7.05 Å². The lowest BCUT2D eigenvalue weighted by atomic mass is 10.0. The number of hydrogen-bond acceptors (Lipinski definition) is 2. The first-order valence-corrected chi connectivity index (χ1v) is 6.19. The Morgan fingerprint density at radius 1 is 1.24 bits per heavy atom. The Morgan fingerprint density at radius 2 is 1.76 bits per heavy atom. The molecule has 1 atom stereocenters. The van der Waals surface area contributed by atoms with Crippen molar-refractivity contribution in [2.24, 2.45) is 5.73 Å². The maximum absolute atomic E-state index is 12.2. The summed E-state index contributed by atoms with van der Waals surface area (Å²) in [5.74, 6) is -0.00935. The Morgan fingerprint density at radius 3 is 2.24 bits per heavy atom. The van der Waals surface area contributed by atoms with Crippen LogP contribution in [0.5, 0.6) is 0 Å². The monoisotopic (exact) mass is 234 g/mol. The number of carbonyl (C=O) groups is 1. The molecule has 0 heterocycles. The van der Waals surface area contributed by atoms with Gasteiger partial charge in [-0.25, -0.2) is 0 Å². The van der Waals surface area contributed by atoms with Crippen LogP contribution in [0, 0.1) is 0 Å². The molecule has 0 aromatic heterocycles. The minimum atomic E-state index is -0.554. The van der Waals surface area contributed by atoms with Crippen LogP contribution in [0.3, 0.4) is 0 Å². The van der Waals surface area contributed by atoms with Crippen molar-refractivity contribution in [3.63, 3.8) is 0 Å². The Labute approximate surface area is 104 Å². The van der Waals surface area contributed by atoms with Crippen LogP contribution in [0.15, 0.2) is 30.3 Å². The zero-order valence-corrected chi connectivity index (χ0v) is 10.9. The van der Waals surface area contributed by atoms with E-state index in [2.05, 4.69) is 13.8 Å². The van der Waals surface area contributed by atoms with E-state index in [4.69, 9.17) is 5.73 Å². The van der Waals surface area contributed by atoms with Crippen molar-refractivity contribution < 1.29 is 4.79 Å². The molecule has 0 radical (unpaired) electrons. The molecule has 0 fully saturated rings. The van der Waals surface area contributed by atoms with Gasteiger partial charge in [0.15, 0.2) is 0 Å². The number of nitrogens with zero attached hydrogens (tertiary/aromatic N) is 1. The highest BCUT2D eigenvalue weighted by Gasteiger charge is 2.23. The fourth-order valence-electron chi connectivity index (χ4n) is 2.04. The third-order valence-corrected chi connectivity index (χ3v) is 3.26. The summed E-state index contributed by atoms with van der Waals surface area (Å²) in [6, 6.07) is 9.23. The summed E-state index contributed by atoms with van der Waals surface area (Å²) in [6.45, 7) is 4.18. The molecule has 0 spiro atoms. The number of rotatable bonds is 5. The maximum atomic E-state index is 12.2. The van der Waals surface area contributed by atoms with Gasteiger partial charge in [0.05, 0.1) is 0 Å². The van der Waals surface area contributed by atoms with E-state index in [0.29, 0.717) is 0 Å². The molecule has 17 heavy (non-hydrogen) atoms. The molecule has 0 aliphatic rings. The molecule has 3 heteroatoms. The molecular weight excluding hydrogens is 212 g/mol. The molecule has 2 N–H and O–H groups in total. The van der Waals surface area contributed by atoms with E-state index in [1.54, 1.807) is 4.90 Å². The van der Waals surface area contributed by atoms with Gasteiger partial charge in [-0.05, 0) is 18.4 Å². The highest BCUT2D eigenvalue weighted by atomic mass is 16.2. The van der Waals surface area contributed by atoms with Crippen LogP contribution in [0.25, 0.3) is 0 Å². The summed E-state index contributed by atoms with van der Waals surface area (Å²) in [6.07, 6.45) is 1.92. The Bertz CT molecular complexity index is 346. The predicted molar refractivity (Wildman–Crippen MR) is 70.5 cm³/mol. The van der Waals surface area contributed by atoms with Crippen LogP contribution >= 0.6 is 0 Å². The number of nitrogens with two attached hydrogens (primary N) is 1. The Balaban J connectivity index is 2.76. The van der Waals surface area contributed by atoms with Crippen molar-refractivity contribution >= 4 is 5.91 Å². The van der Waals surface area contributed by atoms with Crippen molar-refractivity contribution in [1.82, 2.24) is 4.90 Å². The van der Waals surface area contributed by atoms with Gasteiger partial charge in [0.25, 0.3) is 0 Å². The fourth-order valence-corrected chi connectivity index (χ4v) is 2.04. The molecule has 0 bridgehead atoms. The second-order valence-corrected chi connectivity index (χ2v) is 4.31. The second-order valence-electron chi connectivity index (χ2n) is 4.31. The molecular formula is C14H22N2O. The van der Waals surface area contributed by atoms with Crippen LogP contribution in [-0.2, 0) is 4.79 Å². The van der Waals surface area contributed by atoms with E-state index in [-0.39, 0.29) is 11.9 Å². The molecule has 1 aromatic carbocycles. The van der Waals surface area contributed by atoms with Crippen LogP contribution in [0.4, 0.5) is 0 Å². The standard InChI is InChI=1S/C14H22N2O/c1-4-12(5-2)16(3)14(17)13(15)11-9-7-6-8-10-11/h6-10,12-13H,4-5,15H2,1-3H3/t13-/m0/s1. The quantitative estimate of drug-likeness (QED) is 0.850. The van der Waals surface area contributed by atoms with Crippen molar-refractivity contribution in [3.8, 4) is 0 Å². The molecule has 94 valence electrons. The molecule has 0 aliphatic heterocycles. The zero-order valence-electron chi connectivity index (χ0n) is 10.9. The molecule has 0 unspecified atom stereocenters. The van der Waals surface area contributed by atoms with Crippen LogP contribution in [0.1, 0.15) is 38.3 Å². The summed E-state index contributed by atoms with van der Waals surface area (Å²) in [4.78, 5) is 14.0. The van der Waals surface area contributed by atoms with Crippen molar-refractivity contribution in [2.45, 2.75) is 38.8 Å². The third-order valence-electron chi connectivity index (χ3n) is 3.26. The number of likely N-dealkylation sites (N-methyl/N-ethyl adjacent to an activating group) is 1. The fraction of sp³-hybridized carbons (Fsp3) is 0.500. The minimum Gasteiger partial charge on any atom is -0.341 e. The van der Waals surface area contributed by atoms with E-state index in [9.17, 15) is 4.79 Å². The summed E-state index contributed by atoms with van der Waals surface area (Å²) in [7, 11) is 1.84. The second kappa shape index (κ2) is 6.40. The topological polar surface area (TPSA) is 46.3 Å². The van der Waals surface area contributed by atoms with Gasteiger partial charge < -0.3 is 10.6 Å². The average Bonchev–Trinajstić information content (AvgIpc) is 2.39. The molecule has 0 saturated carbocycles. The molecule has 3 nitrogen and oxygen atoms in total. The lowest BCUT2D eigenvalue weighted by Gasteiger charge is -2.28. The molecule has 1 aromatic rings. The first-order chi connectivity index (χ1) is 8.11. The predicted octanol–water partition coefficient (Wildman–Crippen LogP) is 2.33. The third kappa shape index (κ3) is 3.30. The summed E-state index contributed by atoms with van der Waals surface area (Å²) < 4.78 is 0. The summed E-state index contributed by atoms with van der Waals surface area (Å²) in [5, 5.41) is 0. The first-order valence-electron chi connectivity index (χ1n) is 6.19. The van der Waals surface area contributed by atoms with Crippen LogP contribution in [-0.4, -0.2) is 23.9 Å². The lowest BCUT2D eigenvalue weighted by Crippen LogP contribution is -2.41. The van der Waals surface area contributed by atoms with Gasteiger partial charge in [-0.15, -0.1) is 0 Å². The van der Waals surface area contributed by atoms with Gasteiger partial charge in [0, 0.05) is 13.1 Å². The summed E-state index contributed by atoms with van der Waals surface area (Å²) in [5.41, 5.74) is 6.87. The number of benzene rings is 1. The average molecular weight is 234 g/mol. The highest BCUT2D eigenvalue weighted by Crippen LogP contribution is 2.15. The van der Waals surface area contributed by atoms with E-state index in [1.165, 1.54) is 0 Å². The van der Waals surface area contributed by atoms with Gasteiger partial charge in [0.2, 0.25) is 5.91 Å². The number of amides is 1. The molecule has 0 saturated heterocycles. The SMILES string of the molecule is CCC(CC)N(C)C(=O)[C@@H](N)c1ccccc1. The lowest BCUT2D eigenvalue weighted by molar-refractivity contribution is -0.133. The van der Waals surface area contributed by atoms with E-state index >= 15 is 0 Å². The van der Waals surface area contributed by atoms with Gasteiger partial charge in [0.1, 0.15) is 6.04 Å². The molecule has 0 aliphatic carbocycles. The minimum absolute atomic E-state index is 0.00935. The Hall–Kier alpha value is -1.35.